The van der Waals surface area contributed by atoms with Crippen LogP contribution in [-0.2, 0) is 10.8 Å². The van der Waals surface area contributed by atoms with Gasteiger partial charge in [0.2, 0.25) is 5.89 Å². The van der Waals surface area contributed by atoms with Crippen molar-refractivity contribution in [3.05, 3.63) is 239 Å². The molecule has 12 rings (SSSR count). The van der Waals surface area contributed by atoms with Crippen LogP contribution in [0.5, 0.6) is 0 Å². The monoisotopic (exact) mass is 798 g/mol. The predicted octanol–water partition coefficient (Wildman–Crippen LogP) is 15.5. The van der Waals surface area contributed by atoms with Gasteiger partial charge in [-0.3, -0.25) is 0 Å². The average Bonchev–Trinajstić information content (AvgIpc) is 3.97. The Morgan fingerprint density at radius 1 is 0.581 bits per heavy atom. The topological polar surface area (TPSA) is 29.3 Å². The third-order valence-electron chi connectivity index (χ3n) is 14.0. The molecule has 0 saturated carbocycles. The molecule has 3 heteroatoms. The molecule has 298 valence electrons. The summed E-state index contributed by atoms with van der Waals surface area (Å²) in [5, 5.41) is 0. The molecule has 1 aromatic heterocycles. The van der Waals surface area contributed by atoms with Crippen molar-refractivity contribution in [1.29, 1.82) is 0 Å². The first-order chi connectivity index (χ1) is 30.5. The number of hydrogen-bond acceptors (Lipinski definition) is 3. The molecule has 0 bridgehead atoms. The van der Waals surface area contributed by atoms with Crippen LogP contribution in [0.2, 0.25) is 0 Å². The van der Waals surface area contributed by atoms with E-state index in [1.165, 1.54) is 55.6 Å². The van der Waals surface area contributed by atoms with E-state index < -0.39 is 5.41 Å². The van der Waals surface area contributed by atoms with Crippen LogP contribution in [0.4, 0.5) is 17.1 Å². The summed E-state index contributed by atoms with van der Waals surface area (Å²) in [7, 11) is 0. The molecule has 4 aliphatic carbocycles. The zero-order valence-corrected chi connectivity index (χ0v) is 35.1. The Balaban J connectivity index is 1.13. The van der Waals surface area contributed by atoms with E-state index in [1.807, 2.05) is 0 Å². The molecule has 0 spiro atoms. The van der Waals surface area contributed by atoms with Gasteiger partial charge in [0.1, 0.15) is 5.52 Å². The maximum Gasteiger partial charge on any atom is 0.223 e. The van der Waals surface area contributed by atoms with Gasteiger partial charge in [0.05, 0.1) is 16.8 Å². The first kappa shape index (κ1) is 36.6. The average molecular weight is 799 g/mol. The molecule has 3 nitrogen and oxygen atoms in total. The Labute approximate surface area is 363 Å². The number of benzene rings is 7. The van der Waals surface area contributed by atoms with Crippen molar-refractivity contribution < 1.29 is 4.42 Å². The summed E-state index contributed by atoms with van der Waals surface area (Å²) in [5.41, 5.74) is 20.9. The number of rotatable bonds is 7. The summed E-state index contributed by atoms with van der Waals surface area (Å²) in [4.78, 5) is 7.69. The fourth-order valence-corrected chi connectivity index (χ4v) is 11.1. The lowest BCUT2D eigenvalue weighted by atomic mass is 9.67. The molecular formula is C59H46N2O. The summed E-state index contributed by atoms with van der Waals surface area (Å²) in [6.45, 7) is 4.84. The number of aromatic nitrogens is 1. The minimum Gasteiger partial charge on any atom is -0.436 e. The van der Waals surface area contributed by atoms with Crippen LogP contribution in [0.25, 0.3) is 44.5 Å². The number of hydrogen-bond donors (Lipinski definition) is 0. The van der Waals surface area contributed by atoms with E-state index in [1.54, 1.807) is 5.57 Å². The molecule has 0 fully saturated rings. The smallest absolute Gasteiger partial charge is 0.223 e. The molecule has 7 aromatic carbocycles. The van der Waals surface area contributed by atoms with Crippen LogP contribution in [-0.4, -0.2) is 4.98 Å². The van der Waals surface area contributed by atoms with E-state index in [0.717, 1.165) is 65.0 Å². The Morgan fingerprint density at radius 2 is 1.32 bits per heavy atom. The highest BCUT2D eigenvalue weighted by Gasteiger charge is 2.48. The molecule has 1 heterocycles. The van der Waals surface area contributed by atoms with Crippen molar-refractivity contribution in [2.75, 3.05) is 4.90 Å². The first-order valence-corrected chi connectivity index (χ1v) is 22.1. The van der Waals surface area contributed by atoms with Crippen LogP contribution in [0, 0.1) is 0 Å². The summed E-state index contributed by atoms with van der Waals surface area (Å²) in [6.07, 6.45) is 15.3. The van der Waals surface area contributed by atoms with Gasteiger partial charge in [-0.1, -0.05) is 177 Å². The van der Waals surface area contributed by atoms with Gasteiger partial charge in [0.15, 0.2) is 5.58 Å². The molecule has 1 atom stereocenters. The van der Waals surface area contributed by atoms with Crippen molar-refractivity contribution >= 4 is 39.3 Å². The standard InChI is InChI=1S/C59H46N2O/c1-58(2)48-28-15-12-26-45(48)46-35-34-43(38-51(46)58)61(53-31-17-14-25-44(53)39-19-6-3-7-20-39)54-32-18-30-50-56(54)47-27-13-16-29-49(47)59(50,41-23-10-5-11-24-41)42-33-36-55-52(37-42)60-57(62-55)40-21-8-4-9-22-40/h3-8,10-14,16-21,23-27,29-38H,9,15,22,28H2,1-2H3. The first-order valence-electron chi connectivity index (χ1n) is 22.1. The zero-order valence-electron chi connectivity index (χ0n) is 35.1. The summed E-state index contributed by atoms with van der Waals surface area (Å²) < 4.78 is 6.45. The molecule has 8 aromatic rings. The quantitative estimate of drug-likeness (QED) is 0.161. The summed E-state index contributed by atoms with van der Waals surface area (Å²) in [6, 6.07) is 60.8. The fraction of sp³-hybridized carbons (Fsp3) is 0.136. The van der Waals surface area contributed by atoms with Gasteiger partial charge >= 0.3 is 0 Å². The molecule has 0 amide bonds. The van der Waals surface area contributed by atoms with Crippen LogP contribution >= 0.6 is 0 Å². The highest BCUT2D eigenvalue weighted by molar-refractivity contribution is 6.00. The van der Waals surface area contributed by atoms with Crippen molar-refractivity contribution in [3.63, 3.8) is 0 Å². The van der Waals surface area contributed by atoms with E-state index in [2.05, 4.69) is 213 Å². The van der Waals surface area contributed by atoms with Gasteiger partial charge in [-0.05, 0) is 112 Å². The Morgan fingerprint density at radius 3 is 2.16 bits per heavy atom. The van der Waals surface area contributed by atoms with Crippen molar-refractivity contribution in [2.45, 2.75) is 50.4 Å². The van der Waals surface area contributed by atoms with E-state index in [-0.39, 0.29) is 5.41 Å². The van der Waals surface area contributed by atoms with E-state index in [4.69, 9.17) is 9.40 Å². The zero-order chi connectivity index (χ0) is 41.4. The maximum absolute atomic E-state index is 6.45. The normalized spacial score (nSPS) is 18.0. The largest absolute Gasteiger partial charge is 0.436 e. The number of fused-ring (bicyclic) bond motifs is 6. The number of anilines is 3. The highest BCUT2D eigenvalue weighted by atomic mass is 16.3. The molecule has 0 aliphatic heterocycles. The lowest BCUT2D eigenvalue weighted by molar-refractivity contribution is 0.580. The molecule has 0 radical (unpaired) electrons. The molecule has 1 unspecified atom stereocenters. The van der Waals surface area contributed by atoms with Gasteiger partial charge < -0.3 is 9.32 Å². The van der Waals surface area contributed by atoms with Crippen LogP contribution in [0.3, 0.4) is 0 Å². The van der Waals surface area contributed by atoms with Gasteiger partial charge in [-0.2, -0.15) is 0 Å². The third kappa shape index (κ3) is 5.40. The molecule has 0 N–H and O–H groups in total. The van der Waals surface area contributed by atoms with Crippen molar-refractivity contribution in [1.82, 2.24) is 4.98 Å². The second kappa shape index (κ2) is 14.2. The number of nitrogens with zero attached hydrogens (tertiary/aromatic N) is 2. The van der Waals surface area contributed by atoms with Gasteiger partial charge in [-0.15, -0.1) is 0 Å². The van der Waals surface area contributed by atoms with Crippen molar-refractivity contribution in [3.8, 4) is 22.3 Å². The molecule has 0 saturated heterocycles. The van der Waals surface area contributed by atoms with Crippen LogP contribution in [0.15, 0.2) is 204 Å². The highest BCUT2D eigenvalue weighted by Crippen LogP contribution is 2.60. The number of allylic oxidation sites excluding steroid dienone is 8. The van der Waals surface area contributed by atoms with Gasteiger partial charge in [0.25, 0.3) is 0 Å². The Bertz CT molecular complexity index is 3210. The van der Waals surface area contributed by atoms with Crippen molar-refractivity contribution in [2.24, 2.45) is 0 Å². The van der Waals surface area contributed by atoms with Gasteiger partial charge in [-0.25, -0.2) is 4.98 Å². The maximum atomic E-state index is 6.45. The fourth-order valence-electron chi connectivity index (χ4n) is 11.1. The lowest BCUT2D eigenvalue weighted by Gasteiger charge is -2.35. The second-order valence-electron chi connectivity index (χ2n) is 17.6. The third-order valence-corrected chi connectivity index (χ3v) is 14.0. The summed E-state index contributed by atoms with van der Waals surface area (Å²) >= 11 is 0. The predicted molar refractivity (Wildman–Crippen MR) is 256 cm³/mol. The molecule has 4 aliphatic rings. The van der Waals surface area contributed by atoms with E-state index in [9.17, 15) is 0 Å². The minimum atomic E-state index is -0.636. The summed E-state index contributed by atoms with van der Waals surface area (Å²) in [5.74, 6) is 0.710. The SMILES string of the molecule is CC1(C)C2=C(C=CCC2)c2ccc(N(c3ccccc3-c3ccccc3)c3cccc4c3-c3ccccc3C4(c3ccccc3)c3ccc4oc(C5=CC=CCC5)nc4c3)cc21. The van der Waals surface area contributed by atoms with E-state index in [0.29, 0.717) is 5.89 Å². The minimum absolute atomic E-state index is 0.0758. The number of para-hydroxylation sites is 1. The molecule has 62 heavy (non-hydrogen) atoms. The Hall–Kier alpha value is -7.23. The second-order valence-corrected chi connectivity index (χ2v) is 17.6. The van der Waals surface area contributed by atoms with E-state index >= 15 is 0 Å². The number of oxazole rings is 1. The Kier molecular flexibility index (Phi) is 8.37. The molecular weight excluding hydrogens is 753 g/mol. The van der Waals surface area contributed by atoms with Crippen LogP contribution < -0.4 is 4.90 Å². The van der Waals surface area contributed by atoms with Crippen LogP contribution in [0.1, 0.15) is 78.8 Å². The lowest BCUT2D eigenvalue weighted by Crippen LogP contribution is -2.28. The van der Waals surface area contributed by atoms with Gasteiger partial charge in [0, 0.05) is 27.8 Å².